The average molecular weight is 494 g/mol. The highest BCUT2D eigenvalue weighted by molar-refractivity contribution is 7.98. The summed E-state index contributed by atoms with van der Waals surface area (Å²) >= 11 is 2.59. The molecule has 3 aromatic heterocycles. The van der Waals surface area contributed by atoms with Crippen LogP contribution in [-0.2, 0) is 12.3 Å². The summed E-state index contributed by atoms with van der Waals surface area (Å²) < 4.78 is 51.4. The number of thioether (sulfide) groups is 1. The topological polar surface area (TPSA) is 75.0 Å². The van der Waals surface area contributed by atoms with Gasteiger partial charge in [-0.1, -0.05) is 11.8 Å². The Bertz CT molecular complexity index is 1230. The standard InChI is InChI=1S/C21H18F3N5O2S2/c1-30-16-4-3-14(9-17(16)31-2)19-26-15(10-32-19)11-33-20-28-27-18(13-5-7-25-8-6-13)29(20)12-21(22,23)24/h3-10H,11-12H2,1-2H3. The third-order valence-electron chi connectivity index (χ3n) is 4.52. The van der Waals surface area contributed by atoms with E-state index in [1.807, 2.05) is 17.5 Å². The Balaban J connectivity index is 1.54. The molecule has 4 rings (SSSR count). The molecule has 3 heterocycles. The van der Waals surface area contributed by atoms with Crippen LogP contribution in [0.4, 0.5) is 13.2 Å². The van der Waals surface area contributed by atoms with Crippen LogP contribution in [0.3, 0.4) is 0 Å². The van der Waals surface area contributed by atoms with Crippen LogP contribution in [0, 0.1) is 0 Å². The highest BCUT2D eigenvalue weighted by atomic mass is 32.2. The van der Waals surface area contributed by atoms with Crippen molar-refractivity contribution < 1.29 is 22.6 Å². The number of alkyl halides is 3. The second-order valence-electron chi connectivity index (χ2n) is 6.75. The minimum absolute atomic E-state index is 0.140. The van der Waals surface area contributed by atoms with Gasteiger partial charge in [-0.3, -0.25) is 9.55 Å². The van der Waals surface area contributed by atoms with Crippen molar-refractivity contribution in [2.75, 3.05) is 14.2 Å². The fourth-order valence-electron chi connectivity index (χ4n) is 3.05. The van der Waals surface area contributed by atoms with E-state index >= 15 is 0 Å². The minimum Gasteiger partial charge on any atom is -0.493 e. The van der Waals surface area contributed by atoms with Gasteiger partial charge in [0.05, 0.1) is 19.9 Å². The number of aromatic nitrogens is 5. The molecule has 0 saturated heterocycles. The molecular formula is C21H18F3N5O2S2. The normalized spacial score (nSPS) is 11.5. The molecule has 0 N–H and O–H groups in total. The number of methoxy groups -OCH3 is 2. The maximum absolute atomic E-state index is 13.2. The maximum atomic E-state index is 13.2. The van der Waals surface area contributed by atoms with E-state index in [-0.39, 0.29) is 11.0 Å². The molecule has 0 radical (unpaired) electrons. The molecule has 0 atom stereocenters. The molecule has 0 aliphatic carbocycles. The summed E-state index contributed by atoms with van der Waals surface area (Å²) in [5.41, 5.74) is 2.09. The van der Waals surface area contributed by atoms with E-state index < -0.39 is 12.7 Å². The van der Waals surface area contributed by atoms with Crippen LogP contribution in [0.2, 0.25) is 0 Å². The number of hydrogen-bond acceptors (Lipinski definition) is 8. The summed E-state index contributed by atoms with van der Waals surface area (Å²) in [5.74, 6) is 1.69. The monoisotopic (exact) mass is 493 g/mol. The highest BCUT2D eigenvalue weighted by Gasteiger charge is 2.31. The molecule has 0 aliphatic rings. The van der Waals surface area contributed by atoms with E-state index in [4.69, 9.17) is 9.47 Å². The predicted octanol–water partition coefficient (Wildman–Crippen LogP) is 5.34. The van der Waals surface area contributed by atoms with Gasteiger partial charge in [-0.05, 0) is 30.3 Å². The number of halogens is 3. The van der Waals surface area contributed by atoms with Crippen molar-refractivity contribution in [3.63, 3.8) is 0 Å². The highest BCUT2D eigenvalue weighted by Crippen LogP contribution is 2.35. The van der Waals surface area contributed by atoms with Gasteiger partial charge < -0.3 is 9.47 Å². The van der Waals surface area contributed by atoms with Gasteiger partial charge >= 0.3 is 6.18 Å². The first-order chi connectivity index (χ1) is 15.9. The first kappa shape index (κ1) is 23.1. The third-order valence-corrected chi connectivity index (χ3v) is 6.46. The first-order valence-electron chi connectivity index (χ1n) is 9.58. The molecule has 0 bridgehead atoms. The molecule has 0 aliphatic heterocycles. The summed E-state index contributed by atoms with van der Waals surface area (Å²) in [6.07, 6.45) is -1.42. The van der Waals surface area contributed by atoms with E-state index in [9.17, 15) is 13.2 Å². The molecule has 4 aromatic rings. The van der Waals surface area contributed by atoms with Crippen molar-refractivity contribution >= 4 is 23.1 Å². The lowest BCUT2D eigenvalue weighted by molar-refractivity contribution is -0.141. The van der Waals surface area contributed by atoms with Gasteiger partial charge in [-0.25, -0.2) is 4.98 Å². The summed E-state index contributed by atoms with van der Waals surface area (Å²) in [4.78, 5) is 8.51. The molecule has 33 heavy (non-hydrogen) atoms. The Labute approximate surface area is 195 Å². The molecule has 12 heteroatoms. The molecule has 7 nitrogen and oxygen atoms in total. The van der Waals surface area contributed by atoms with Crippen LogP contribution >= 0.6 is 23.1 Å². The van der Waals surface area contributed by atoms with E-state index in [2.05, 4.69) is 20.2 Å². The van der Waals surface area contributed by atoms with Gasteiger partial charge in [0.25, 0.3) is 0 Å². The third kappa shape index (κ3) is 5.45. The lowest BCUT2D eigenvalue weighted by Crippen LogP contribution is -2.19. The fraction of sp³-hybridized carbons (Fsp3) is 0.238. The Morgan fingerprint density at radius 1 is 1.00 bits per heavy atom. The smallest absolute Gasteiger partial charge is 0.406 e. The molecule has 0 amide bonds. The number of benzene rings is 1. The van der Waals surface area contributed by atoms with Crippen molar-refractivity contribution in [2.24, 2.45) is 0 Å². The second-order valence-corrected chi connectivity index (χ2v) is 8.55. The van der Waals surface area contributed by atoms with E-state index in [1.54, 1.807) is 32.4 Å². The number of hydrogen-bond donors (Lipinski definition) is 0. The van der Waals surface area contributed by atoms with Crippen molar-refractivity contribution in [2.45, 2.75) is 23.6 Å². The van der Waals surface area contributed by atoms with Gasteiger partial charge in [-0.15, -0.1) is 21.5 Å². The lowest BCUT2D eigenvalue weighted by Gasteiger charge is -2.12. The van der Waals surface area contributed by atoms with Crippen LogP contribution in [-0.4, -0.2) is 45.1 Å². The molecule has 172 valence electrons. The molecule has 0 fully saturated rings. The van der Waals surface area contributed by atoms with Crippen molar-refractivity contribution in [3.05, 3.63) is 53.8 Å². The maximum Gasteiger partial charge on any atom is 0.406 e. The molecular weight excluding hydrogens is 475 g/mol. The zero-order chi connectivity index (χ0) is 23.4. The average Bonchev–Trinajstić information content (AvgIpc) is 3.44. The molecule has 0 saturated carbocycles. The Hall–Kier alpha value is -3.12. The zero-order valence-corrected chi connectivity index (χ0v) is 19.2. The van der Waals surface area contributed by atoms with Gasteiger partial charge in [-0.2, -0.15) is 13.2 Å². The SMILES string of the molecule is COc1ccc(-c2nc(CSc3nnc(-c4ccncc4)n3CC(F)(F)F)cs2)cc1OC. The number of ether oxygens (including phenoxy) is 2. The number of nitrogens with zero attached hydrogens (tertiary/aromatic N) is 5. The second kappa shape index (κ2) is 9.79. The molecule has 0 spiro atoms. The van der Waals surface area contributed by atoms with Crippen molar-refractivity contribution in [1.29, 1.82) is 0 Å². The fourth-order valence-corrected chi connectivity index (χ4v) is 4.80. The van der Waals surface area contributed by atoms with E-state index in [0.717, 1.165) is 32.6 Å². The van der Waals surface area contributed by atoms with E-state index in [0.29, 0.717) is 22.8 Å². The Morgan fingerprint density at radius 2 is 1.76 bits per heavy atom. The van der Waals surface area contributed by atoms with Crippen LogP contribution in [0.5, 0.6) is 11.5 Å². The predicted molar refractivity (Wildman–Crippen MR) is 120 cm³/mol. The van der Waals surface area contributed by atoms with Crippen LogP contribution in [0.25, 0.3) is 22.0 Å². The summed E-state index contributed by atoms with van der Waals surface area (Å²) in [6.45, 7) is -1.19. The summed E-state index contributed by atoms with van der Waals surface area (Å²) in [5, 5.41) is 10.8. The van der Waals surface area contributed by atoms with E-state index in [1.165, 1.54) is 23.7 Å². The summed E-state index contributed by atoms with van der Waals surface area (Å²) in [6, 6.07) is 8.69. The quantitative estimate of drug-likeness (QED) is 0.307. The Morgan fingerprint density at radius 3 is 2.45 bits per heavy atom. The zero-order valence-electron chi connectivity index (χ0n) is 17.5. The first-order valence-corrected chi connectivity index (χ1v) is 11.4. The van der Waals surface area contributed by atoms with Gasteiger partial charge in [0.1, 0.15) is 11.6 Å². The van der Waals surface area contributed by atoms with Crippen LogP contribution < -0.4 is 9.47 Å². The Kier molecular flexibility index (Phi) is 6.84. The van der Waals surface area contributed by atoms with Crippen molar-refractivity contribution in [1.82, 2.24) is 24.7 Å². The van der Waals surface area contributed by atoms with Gasteiger partial charge in [0.15, 0.2) is 22.5 Å². The molecule has 0 unspecified atom stereocenters. The molecule has 1 aromatic carbocycles. The lowest BCUT2D eigenvalue weighted by atomic mass is 10.2. The number of thiazole rings is 1. The van der Waals surface area contributed by atoms with Crippen LogP contribution in [0.15, 0.2) is 53.3 Å². The summed E-state index contributed by atoms with van der Waals surface area (Å²) in [7, 11) is 3.12. The largest absolute Gasteiger partial charge is 0.493 e. The van der Waals surface area contributed by atoms with Crippen molar-refractivity contribution in [3.8, 4) is 33.5 Å². The number of pyridine rings is 1. The van der Waals surface area contributed by atoms with Gasteiger partial charge in [0, 0.05) is 34.7 Å². The number of rotatable bonds is 8. The van der Waals surface area contributed by atoms with Crippen LogP contribution in [0.1, 0.15) is 5.69 Å². The van der Waals surface area contributed by atoms with Gasteiger partial charge in [0.2, 0.25) is 0 Å². The minimum atomic E-state index is -4.42.